The van der Waals surface area contributed by atoms with E-state index in [1.165, 1.54) is 34.8 Å². The Morgan fingerprint density at radius 1 is 1.26 bits per heavy atom. The normalized spacial score (nSPS) is 13.6. The van der Waals surface area contributed by atoms with E-state index in [1.807, 2.05) is 0 Å². The zero-order chi connectivity index (χ0) is 21.6. The Kier molecular flexibility index (Phi) is 6.65. The Bertz CT molecular complexity index is 1190. The second-order valence-corrected chi connectivity index (χ2v) is 9.62. The fraction of sp³-hybridized carbons (Fsp3) is 0.300. The van der Waals surface area contributed by atoms with Crippen molar-refractivity contribution in [2.45, 2.75) is 32.9 Å². The van der Waals surface area contributed by atoms with Gasteiger partial charge in [-0.3, -0.25) is 24.6 Å². The molecular weight excluding hydrogens is 460 g/mol. The molecule has 0 atom stereocenters. The smallest absolute Gasteiger partial charge is 0.270 e. The van der Waals surface area contributed by atoms with Gasteiger partial charge in [0.1, 0.15) is 5.00 Å². The molecule has 2 amide bonds. The molecule has 2 aromatic heterocycles. The molecule has 1 aliphatic heterocycles. The van der Waals surface area contributed by atoms with Gasteiger partial charge in [0.25, 0.3) is 17.5 Å². The number of halogens is 1. The van der Waals surface area contributed by atoms with Crippen molar-refractivity contribution >= 4 is 55.3 Å². The fourth-order valence-corrected chi connectivity index (χ4v) is 5.85. The highest BCUT2D eigenvalue weighted by Crippen LogP contribution is 2.38. The maximum Gasteiger partial charge on any atom is 0.270 e. The summed E-state index contributed by atoms with van der Waals surface area (Å²) in [6.45, 7) is 5.81. The topological polar surface area (TPSA) is 119 Å². The lowest BCUT2D eigenvalue weighted by atomic mass is 10.0. The van der Waals surface area contributed by atoms with Crippen molar-refractivity contribution < 1.29 is 26.9 Å². The van der Waals surface area contributed by atoms with Gasteiger partial charge >= 0.3 is 0 Å². The van der Waals surface area contributed by atoms with E-state index in [1.54, 1.807) is 12.1 Å². The number of carbonyl (C=O) groups excluding carboxylic acids is 2. The molecule has 8 nitrogen and oxygen atoms in total. The molecule has 3 aromatic rings. The van der Waals surface area contributed by atoms with Gasteiger partial charge < -0.3 is 23.5 Å². The molecule has 3 N–H and O–H groups in total. The van der Waals surface area contributed by atoms with Crippen LogP contribution in [-0.2, 0) is 13.0 Å². The summed E-state index contributed by atoms with van der Waals surface area (Å²) in [5.41, 5.74) is 6.93. The van der Waals surface area contributed by atoms with E-state index < -0.39 is 10.8 Å². The minimum atomic E-state index is -0.548. The van der Waals surface area contributed by atoms with Crippen molar-refractivity contribution in [2.75, 3.05) is 11.9 Å². The van der Waals surface area contributed by atoms with Crippen LogP contribution in [0.1, 0.15) is 44.3 Å². The zero-order valence-electron chi connectivity index (χ0n) is 16.8. The van der Waals surface area contributed by atoms with Crippen LogP contribution in [0.5, 0.6) is 0 Å². The number of rotatable bonds is 5. The third kappa shape index (κ3) is 4.42. The van der Waals surface area contributed by atoms with Crippen molar-refractivity contribution in [3.8, 4) is 0 Å². The molecule has 1 aromatic carbocycles. The summed E-state index contributed by atoms with van der Waals surface area (Å²) in [5.74, 6) is -0.909. The van der Waals surface area contributed by atoms with E-state index in [9.17, 15) is 19.7 Å². The van der Waals surface area contributed by atoms with E-state index in [0.717, 1.165) is 28.2 Å². The Hall–Kier alpha value is -2.53. The summed E-state index contributed by atoms with van der Waals surface area (Å²) in [5, 5.41) is 14.9. The largest absolute Gasteiger partial charge is 1.00 e. The summed E-state index contributed by atoms with van der Waals surface area (Å²) in [4.78, 5) is 39.3. The Morgan fingerprint density at radius 3 is 2.65 bits per heavy atom. The van der Waals surface area contributed by atoms with Crippen LogP contribution in [-0.4, -0.2) is 34.2 Å². The second-order valence-electron chi connectivity index (χ2n) is 7.43. The average molecular weight is 480 g/mol. The summed E-state index contributed by atoms with van der Waals surface area (Å²) in [6.07, 6.45) is 0.713. The average Bonchev–Trinajstić information content (AvgIpc) is 3.27. The highest BCUT2D eigenvalue weighted by atomic mass is 35.5. The van der Waals surface area contributed by atoms with Crippen LogP contribution in [0.3, 0.4) is 0 Å². The number of nitro groups is 1. The van der Waals surface area contributed by atoms with Crippen LogP contribution in [0, 0.1) is 10.1 Å². The first kappa shape index (κ1) is 23.1. The number of primary amides is 1. The van der Waals surface area contributed by atoms with Gasteiger partial charge in [-0.2, -0.15) is 0 Å². The van der Waals surface area contributed by atoms with Crippen LogP contribution in [0.4, 0.5) is 10.7 Å². The minimum Gasteiger partial charge on any atom is -1.00 e. The number of benzene rings is 1. The monoisotopic (exact) mass is 479 g/mol. The Balaban J connectivity index is 0.00000272. The van der Waals surface area contributed by atoms with E-state index >= 15 is 0 Å². The Morgan fingerprint density at radius 2 is 2.00 bits per heavy atom. The molecule has 4 rings (SSSR count). The van der Waals surface area contributed by atoms with Crippen molar-refractivity contribution in [3.05, 3.63) is 55.3 Å². The van der Waals surface area contributed by atoms with E-state index in [4.69, 9.17) is 5.73 Å². The van der Waals surface area contributed by atoms with Crippen LogP contribution in [0.2, 0.25) is 0 Å². The summed E-state index contributed by atoms with van der Waals surface area (Å²) >= 11 is 2.63. The third-order valence-corrected chi connectivity index (χ3v) is 7.47. The first-order valence-electron chi connectivity index (χ1n) is 9.42. The molecule has 31 heavy (non-hydrogen) atoms. The van der Waals surface area contributed by atoms with Crippen molar-refractivity contribution in [1.82, 2.24) is 4.90 Å². The summed E-state index contributed by atoms with van der Waals surface area (Å²) in [7, 11) is 0. The lowest BCUT2D eigenvalue weighted by Crippen LogP contribution is -3.00. The lowest BCUT2D eigenvalue weighted by Gasteiger charge is -2.30. The number of thiophene rings is 2. The van der Waals surface area contributed by atoms with Gasteiger partial charge in [-0.1, -0.05) is 0 Å². The summed E-state index contributed by atoms with van der Waals surface area (Å²) in [6, 6.07) is 6.51. The van der Waals surface area contributed by atoms with E-state index in [0.29, 0.717) is 33.3 Å². The first-order valence-corrected chi connectivity index (χ1v) is 11.1. The molecule has 0 spiro atoms. The molecular formula is C20H20ClN4O4S2-. The first-order chi connectivity index (χ1) is 14.2. The maximum atomic E-state index is 12.9. The Labute approximate surface area is 192 Å². The van der Waals surface area contributed by atoms with Gasteiger partial charge in [0.2, 0.25) is 0 Å². The predicted molar refractivity (Wildman–Crippen MR) is 119 cm³/mol. The maximum absolute atomic E-state index is 12.9. The van der Waals surface area contributed by atoms with E-state index in [-0.39, 0.29) is 24.0 Å². The van der Waals surface area contributed by atoms with Crippen LogP contribution in [0.15, 0.2) is 24.3 Å². The highest BCUT2D eigenvalue weighted by Gasteiger charge is 2.29. The number of nitrogens with one attached hydrogen (secondary N) is 1. The van der Waals surface area contributed by atoms with Gasteiger partial charge in [0.15, 0.2) is 0 Å². The van der Waals surface area contributed by atoms with Crippen molar-refractivity contribution in [2.24, 2.45) is 5.73 Å². The zero-order valence-corrected chi connectivity index (χ0v) is 19.2. The number of hydrogen-bond acceptors (Lipinski definition) is 7. The van der Waals surface area contributed by atoms with Gasteiger partial charge in [0, 0.05) is 46.2 Å². The molecule has 0 radical (unpaired) electrons. The highest BCUT2D eigenvalue weighted by molar-refractivity contribution is 7.21. The SMILES string of the molecule is CC(C)N1CCc2c(sc(NC(=O)c3cc4cc([N+](=O)[O-])ccc4s3)c2C(N)=O)C1.[Cl-]. The van der Waals surface area contributed by atoms with Gasteiger partial charge in [0.05, 0.1) is 15.4 Å². The molecule has 11 heteroatoms. The molecule has 0 saturated carbocycles. The van der Waals surface area contributed by atoms with E-state index in [2.05, 4.69) is 24.1 Å². The van der Waals surface area contributed by atoms with Crippen molar-refractivity contribution in [1.29, 1.82) is 0 Å². The standard InChI is InChI=1S/C20H20N4O4S2.ClH/c1-10(2)23-6-5-13-16(9-23)30-20(17(13)18(21)25)22-19(26)15-8-11-7-12(24(27)28)3-4-14(11)29-15;/h3-4,7-8,10H,5-6,9H2,1-2H3,(H2,21,25)(H,22,26);1H/p-1. The molecule has 0 bridgehead atoms. The second kappa shape index (κ2) is 8.91. The van der Waals surface area contributed by atoms with Crippen LogP contribution in [0.25, 0.3) is 10.1 Å². The number of fused-ring (bicyclic) bond motifs is 2. The van der Waals surface area contributed by atoms with Crippen LogP contribution < -0.4 is 23.5 Å². The number of nitro benzene ring substituents is 1. The minimum absolute atomic E-state index is 0. The van der Waals surface area contributed by atoms with Gasteiger partial charge in [-0.25, -0.2) is 0 Å². The molecule has 3 heterocycles. The van der Waals surface area contributed by atoms with Crippen LogP contribution >= 0.6 is 22.7 Å². The molecule has 0 unspecified atom stereocenters. The van der Waals surface area contributed by atoms with Gasteiger partial charge in [-0.05, 0) is 38.0 Å². The molecule has 0 aliphatic carbocycles. The molecule has 1 aliphatic rings. The number of amides is 2. The fourth-order valence-electron chi connectivity index (χ4n) is 3.63. The summed E-state index contributed by atoms with van der Waals surface area (Å²) < 4.78 is 0.777. The number of anilines is 1. The quantitative estimate of drug-likeness (QED) is 0.418. The lowest BCUT2D eigenvalue weighted by molar-refractivity contribution is -0.384. The third-order valence-electron chi connectivity index (χ3n) is 5.22. The number of carbonyl (C=O) groups is 2. The van der Waals surface area contributed by atoms with Crippen molar-refractivity contribution in [3.63, 3.8) is 0 Å². The predicted octanol–water partition coefficient (Wildman–Crippen LogP) is 0.993. The number of nitrogens with two attached hydrogens (primary N) is 1. The molecule has 0 saturated heterocycles. The number of non-ortho nitro benzene ring substituents is 1. The van der Waals surface area contributed by atoms with Gasteiger partial charge in [-0.15, -0.1) is 22.7 Å². The molecule has 0 fully saturated rings. The number of hydrogen-bond donors (Lipinski definition) is 2. The number of nitrogens with zero attached hydrogens (tertiary/aromatic N) is 2. The molecule has 164 valence electrons.